The lowest BCUT2D eigenvalue weighted by atomic mass is 10.3. The van der Waals surface area contributed by atoms with E-state index in [1.165, 1.54) is 0 Å². The molecule has 0 saturated carbocycles. The van der Waals surface area contributed by atoms with Crippen LogP contribution in [0, 0.1) is 6.92 Å². The summed E-state index contributed by atoms with van der Waals surface area (Å²) in [4.78, 5) is 22.6. The van der Waals surface area contributed by atoms with Gasteiger partial charge in [-0.2, -0.15) is 0 Å². The highest BCUT2D eigenvalue weighted by atomic mass is 32.1. The second-order valence-electron chi connectivity index (χ2n) is 6.23. The van der Waals surface area contributed by atoms with Crippen LogP contribution < -0.4 is 4.90 Å². The molecule has 136 valence electrons. The summed E-state index contributed by atoms with van der Waals surface area (Å²) in [5, 5.41) is 7.69. The minimum absolute atomic E-state index is 0.725. The highest BCUT2D eigenvalue weighted by molar-refractivity contribution is 7.09. The maximum Gasteiger partial charge on any atom is 0.225 e. The molecule has 3 aromatic heterocycles. The molecule has 26 heavy (non-hydrogen) atoms. The predicted octanol–water partition coefficient (Wildman–Crippen LogP) is 1.84. The molecule has 0 aliphatic carbocycles. The largest absolute Gasteiger partial charge is 0.338 e. The minimum Gasteiger partial charge on any atom is -0.338 e. The number of rotatable bonds is 5. The number of nitrogens with zero attached hydrogens (tertiary/aromatic N) is 8. The highest BCUT2D eigenvalue weighted by Crippen LogP contribution is 2.19. The Morgan fingerprint density at radius 1 is 1.08 bits per heavy atom. The van der Waals surface area contributed by atoms with E-state index in [1.54, 1.807) is 23.7 Å². The normalized spacial score (nSPS) is 15.5. The van der Waals surface area contributed by atoms with E-state index in [4.69, 9.17) is 4.98 Å². The standard InChI is InChI=1S/C17H22N8S/c1-3-25-15(21-16(22-25)14-12-26-13(2)20-14)11-23-7-9-24(10-8-23)17-18-5-4-6-19-17/h4-6,12H,3,7-11H2,1-2H3. The molecule has 0 atom stereocenters. The molecule has 8 nitrogen and oxygen atoms in total. The number of piperazine rings is 1. The summed E-state index contributed by atoms with van der Waals surface area (Å²) in [6.07, 6.45) is 3.58. The van der Waals surface area contributed by atoms with Gasteiger partial charge in [0.25, 0.3) is 0 Å². The van der Waals surface area contributed by atoms with Gasteiger partial charge in [0.05, 0.1) is 11.6 Å². The van der Waals surface area contributed by atoms with Crippen molar-refractivity contribution < 1.29 is 0 Å². The molecular weight excluding hydrogens is 348 g/mol. The lowest BCUT2D eigenvalue weighted by Gasteiger charge is -2.34. The molecule has 0 radical (unpaired) electrons. The van der Waals surface area contributed by atoms with E-state index in [1.807, 2.05) is 23.1 Å². The molecule has 3 aromatic rings. The number of aryl methyl sites for hydroxylation is 2. The monoisotopic (exact) mass is 370 g/mol. The zero-order valence-electron chi connectivity index (χ0n) is 15.0. The zero-order valence-corrected chi connectivity index (χ0v) is 15.9. The first kappa shape index (κ1) is 17.0. The number of hydrogen-bond donors (Lipinski definition) is 0. The van der Waals surface area contributed by atoms with Crippen LogP contribution in [0.4, 0.5) is 5.95 Å². The summed E-state index contributed by atoms with van der Waals surface area (Å²) in [6, 6.07) is 1.85. The Morgan fingerprint density at radius 2 is 1.85 bits per heavy atom. The van der Waals surface area contributed by atoms with Crippen molar-refractivity contribution in [2.24, 2.45) is 0 Å². The predicted molar refractivity (Wildman–Crippen MR) is 101 cm³/mol. The van der Waals surface area contributed by atoms with E-state index in [0.29, 0.717) is 0 Å². The van der Waals surface area contributed by atoms with Gasteiger partial charge in [0.15, 0.2) is 0 Å². The molecule has 0 unspecified atom stereocenters. The minimum atomic E-state index is 0.725. The van der Waals surface area contributed by atoms with Crippen molar-refractivity contribution in [2.75, 3.05) is 31.1 Å². The Morgan fingerprint density at radius 3 is 2.50 bits per heavy atom. The van der Waals surface area contributed by atoms with Gasteiger partial charge in [0.2, 0.25) is 11.8 Å². The Labute approximate surface area is 156 Å². The van der Waals surface area contributed by atoms with E-state index in [-0.39, 0.29) is 0 Å². The molecule has 0 aromatic carbocycles. The van der Waals surface area contributed by atoms with Crippen LogP contribution in [0.1, 0.15) is 17.8 Å². The molecule has 0 spiro atoms. The van der Waals surface area contributed by atoms with E-state index in [0.717, 1.165) is 67.6 Å². The maximum absolute atomic E-state index is 4.75. The van der Waals surface area contributed by atoms with Crippen LogP contribution in [-0.2, 0) is 13.1 Å². The molecule has 1 saturated heterocycles. The van der Waals surface area contributed by atoms with E-state index in [2.05, 4.69) is 36.8 Å². The summed E-state index contributed by atoms with van der Waals surface area (Å²) in [6.45, 7) is 9.46. The SMILES string of the molecule is CCn1nc(-c2csc(C)n2)nc1CN1CCN(c2ncccn2)CC1. The van der Waals surface area contributed by atoms with E-state index in [9.17, 15) is 0 Å². The molecular formula is C17H22N8S. The first-order valence-electron chi connectivity index (χ1n) is 8.83. The Hall–Kier alpha value is -2.39. The Kier molecular flexibility index (Phi) is 4.89. The molecule has 1 aliphatic rings. The summed E-state index contributed by atoms with van der Waals surface area (Å²) < 4.78 is 1.98. The van der Waals surface area contributed by atoms with Crippen molar-refractivity contribution in [1.82, 2.24) is 34.6 Å². The topological polar surface area (TPSA) is 75.9 Å². The van der Waals surface area contributed by atoms with Gasteiger partial charge in [0.1, 0.15) is 11.5 Å². The van der Waals surface area contributed by atoms with Crippen LogP contribution in [0.3, 0.4) is 0 Å². The summed E-state index contributed by atoms with van der Waals surface area (Å²) in [7, 11) is 0. The molecule has 4 heterocycles. The first-order chi connectivity index (χ1) is 12.7. The molecule has 0 bridgehead atoms. The van der Waals surface area contributed by atoms with Gasteiger partial charge in [-0.05, 0) is 19.9 Å². The quantitative estimate of drug-likeness (QED) is 0.678. The fourth-order valence-electron chi connectivity index (χ4n) is 3.08. The molecule has 0 N–H and O–H groups in total. The molecule has 9 heteroatoms. The van der Waals surface area contributed by atoms with Crippen LogP contribution in [0.5, 0.6) is 0 Å². The summed E-state index contributed by atoms with van der Waals surface area (Å²) in [5.41, 5.74) is 0.868. The summed E-state index contributed by atoms with van der Waals surface area (Å²) in [5.74, 6) is 2.53. The fourth-order valence-corrected chi connectivity index (χ4v) is 3.67. The third kappa shape index (κ3) is 3.58. The second-order valence-corrected chi connectivity index (χ2v) is 7.29. The Bertz CT molecular complexity index is 851. The summed E-state index contributed by atoms with van der Waals surface area (Å²) >= 11 is 1.63. The van der Waals surface area contributed by atoms with Crippen LogP contribution in [0.25, 0.3) is 11.5 Å². The van der Waals surface area contributed by atoms with Crippen molar-refractivity contribution in [3.63, 3.8) is 0 Å². The van der Waals surface area contributed by atoms with E-state index >= 15 is 0 Å². The third-order valence-electron chi connectivity index (χ3n) is 4.47. The molecule has 1 fully saturated rings. The van der Waals surface area contributed by atoms with Gasteiger partial charge in [0, 0.05) is 50.5 Å². The first-order valence-corrected chi connectivity index (χ1v) is 9.71. The van der Waals surface area contributed by atoms with Gasteiger partial charge in [-0.1, -0.05) is 0 Å². The van der Waals surface area contributed by atoms with Crippen LogP contribution in [-0.4, -0.2) is 60.8 Å². The second kappa shape index (κ2) is 7.46. The lowest BCUT2D eigenvalue weighted by Crippen LogP contribution is -2.46. The van der Waals surface area contributed by atoms with Gasteiger partial charge < -0.3 is 4.90 Å². The molecule has 0 amide bonds. The highest BCUT2D eigenvalue weighted by Gasteiger charge is 2.21. The van der Waals surface area contributed by atoms with Crippen LogP contribution >= 0.6 is 11.3 Å². The van der Waals surface area contributed by atoms with Crippen molar-refractivity contribution >= 4 is 17.3 Å². The zero-order chi connectivity index (χ0) is 17.9. The lowest BCUT2D eigenvalue weighted by molar-refractivity contribution is 0.238. The van der Waals surface area contributed by atoms with E-state index < -0.39 is 0 Å². The van der Waals surface area contributed by atoms with Gasteiger partial charge in [-0.15, -0.1) is 16.4 Å². The van der Waals surface area contributed by atoms with Crippen molar-refractivity contribution in [2.45, 2.75) is 26.9 Å². The van der Waals surface area contributed by atoms with Crippen LogP contribution in [0.15, 0.2) is 23.8 Å². The average molecular weight is 370 g/mol. The Balaban J connectivity index is 1.42. The maximum atomic E-state index is 4.75. The van der Waals surface area contributed by atoms with Gasteiger partial charge >= 0.3 is 0 Å². The van der Waals surface area contributed by atoms with Gasteiger partial charge in [-0.25, -0.2) is 24.6 Å². The fraction of sp³-hybridized carbons (Fsp3) is 0.471. The number of aromatic nitrogens is 6. The number of anilines is 1. The van der Waals surface area contributed by atoms with Crippen molar-refractivity contribution in [1.29, 1.82) is 0 Å². The van der Waals surface area contributed by atoms with Gasteiger partial charge in [-0.3, -0.25) is 4.90 Å². The van der Waals surface area contributed by atoms with Crippen LogP contribution in [0.2, 0.25) is 0 Å². The van der Waals surface area contributed by atoms with Crippen molar-refractivity contribution in [3.8, 4) is 11.5 Å². The van der Waals surface area contributed by atoms with Crippen molar-refractivity contribution in [3.05, 3.63) is 34.7 Å². The molecule has 4 rings (SSSR count). The average Bonchev–Trinajstić information content (AvgIpc) is 3.29. The smallest absolute Gasteiger partial charge is 0.225 e. The number of hydrogen-bond acceptors (Lipinski definition) is 8. The molecule has 1 aliphatic heterocycles. The third-order valence-corrected chi connectivity index (χ3v) is 5.24. The number of thiazole rings is 1.